The van der Waals surface area contributed by atoms with Crippen molar-refractivity contribution in [3.8, 4) is 6.07 Å². The molecule has 0 radical (unpaired) electrons. The molecule has 4 rings (SSSR count). The number of nitriles is 1. The van der Waals surface area contributed by atoms with Gasteiger partial charge >= 0.3 is 0 Å². The maximum Gasteiger partial charge on any atom is 0.144 e. The van der Waals surface area contributed by atoms with Crippen LogP contribution in [0.3, 0.4) is 0 Å². The topological polar surface area (TPSA) is 64.3 Å². The highest BCUT2D eigenvalue weighted by Gasteiger charge is 2.41. The summed E-state index contributed by atoms with van der Waals surface area (Å²) in [6.45, 7) is 8.26. The Bertz CT molecular complexity index is 628. The Morgan fingerprint density at radius 3 is 2.00 bits per heavy atom. The molecular formula is C17H26N5O2P. The maximum absolute atomic E-state index is 10.2. The third-order valence-electron chi connectivity index (χ3n) is 5.32. The highest BCUT2D eigenvalue weighted by molar-refractivity contribution is 7.72. The lowest BCUT2D eigenvalue weighted by molar-refractivity contribution is 0.0576. The monoisotopic (exact) mass is 363 g/mol. The highest BCUT2D eigenvalue weighted by Crippen LogP contribution is 2.60. The molecule has 0 unspecified atom stereocenters. The molecule has 0 atom stereocenters. The van der Waals surface area contributed by atoms with Gasteiger partial charge in [0.15, 0.2) is 0 Å². The van der Waals surface area contributed by atoms with Crippen LogP contribution in [0.2, 0.25) is 0 Å². The number of morpholine rings is 2. The van der Waals surface area contributed by atoms with E-state index in [9.17, 15) is 5.26 Å². The summed E-state index contributed by atoms with van der Waals surface area (Å²) >= 11 is 0. The Labute approximate surface area is 149 Å². The summed E-state index contributed by atoms with van der Waals surface area (Å²) in [4.78, 5) is 2.37. The minimum atomic E-state index is -2.24. The van der Waals surface area contributed by atoms with Gasteiger partial charge in [-0.25, -0.2) is 14.1 Å². The Hall–Kier alpha value is -1.16. The van der Waals surface area contributed by atoms with Crippen molar-refractivity contribution in [1.29, 1.82) is 5.26 Å². The van der Waals surface area contributed by atoms with Gasteiger partial charge in [0.25, 0.3) is 0 Å². The molecule has 136 valence electrons. The first-order valence-corrected chi connectivity index (χ1v) is 10.9. The van der Waals surface area contributed by atoms with Gasteiger partial charge in [-0.1, -0.05) is 0 Å². The van der Waals surface area contributed by atoms with E-state index in [0.29, 0.717) is 26.4 Å². The van der Waals surface area contributed by atoms with Crippen molar-refractivity contribution in [2.75, 3.05) is 65.7 Å². The van der Waals surface area contributed by atoms with Gasteiger partial charge in [0, 0.05) is 45.5 Å². The van der Waals surface area contributed by atoms with Gasteiger partial charge < -0.3 is 14.4 Å². The predicted molar refractivity (Wildman–Crippen MR) is 99.7 cm³/mol. The third kappa shape index (κ3) is 3.07. The maximum atomic E-state index is 10.2. The molecular weight excluding hydrogens is 337 g/mol. The second-order valence-electron chi connectivity index (χ2n) is 6.67. The van der Waals surface area contributed by atoms with Gasteiger partial charge in [-0.2, -0.15) is 5.26 Å². The molecule has 0 bridgehead atoms. The molecule has 3 saturated heterocycles. The van der Waals surface area contributed by atoms with Crippen molar-refractivity contribution >= 4 is 18.8 Å². The van der Waals surface area contributed by atoms with Crippen molar-refractivity contribution in [1.82, 2.24) is 14.2 Å². The van der Waals surface area contributed by atoms with Crippen LogP contribution < -0.4 is 0 Å². The summed E-state index contributed by atoms with van der Waals surface area (Å²) in [6, 6.07) is 2.59. The van der Waals surface area contributed by atoms with Crippen LogP contribution in [0.1, 0.15) is 12.8 Å². The van der Waals surface area contributed by atoms with Crippen molar-refractivity contribution in [2.45, 2.75) is 12.8 Å². The molecule has 0 spiro atoms. The van der Waals surface area contributed by atoms with Crippen LogP contribution in [0.15, 0.2) is 16.5 Å². The number of nitrogens with zero attached hydrogens (tertiary/aromatic N) is 5. The number of allylic oxidation sites excluding steroid dienone is 2. The lowest BCUT2D eigenvalue weighted by Crippen LogP contribution is -2.45. The normalized spacial score (nSPS) is 28.0. The molecule has 0 aromatic heterocycles. The number of rotatable bonds is 3. The molecule has 0 amide bonds. The summed E-state index contributed by atoms with van der Waals surface area (Å²) in [5.74, 6) is 0. The second-order valence-corrected chi connectivity index (χ2v) is 9.62. The third-order valence-corrected chi connectivity index (χ3v) is 9.08. The molecule has 7 nitrogen and oxygen atoms in total. The molecule has 0 saturated carbocycles. The van der Waals surface area contributed by atoms with Crippen LogP contribution in [-0.4, -0.2) is 91.4 Å². The molecule has 0 N–H and O–H groups in total. The van der Waals surface area contributed by atoms with Gasteiger partial charge in [0.05, 0.1) is 32.1 Å². The first-order valence-electron chi connectivity index (χ1n) is 9.20. The molecule has 4 aliphatic rings. The second kappa shape index (κ2) is 7.61. The van der Waals surface area contributed by atoms with Crippen LogP contribution in [0.25, 0.3) is 0 Å². The lowest BCUT2D eigenvalue weighted by atomic mass is 10.3. The molecule has 25 heavy (non-hydrogen) atoms. The van der Waals surface area contributed by atoms with Crippen LogP contribution in [0.4, 0.5) is 0 Å². The summed E-state index contributed by atoms with van der Waals surface area (Å²) in [5.41, 5.74) is 1.10. The molecule has 0 aromatic carbocycles. The first-order chi connectivity index (χ1) is 12.4. The minimum Gasteiger partial charge on any atom is -0.379 e. The molecule has 4 heterocycles. The van der Waals surface area contributed by atoms with Gasteiger partial charge in [-0.3, -0.25) is 0 Å². The standard InChI is InChI=1S/C17H26N5O2P/c18-15-17-16(20-5-1-2-6-20)3-4-19-25(17,21-7-11-23-12-8-21)22-9-13-24-14-10-22/h3-4H,1-2,5-14H2. The smallest absolute Gasteiger partial charge is 0.144 e. The first kappa shape index (κ1) is 17.3. The number of hydrogen-bond acceptors (Lipinski definition) is 7. The van der Waals surface area contributed by atoms with Crippen LogP contribution >= 0.6 is 7.34 Å². The minimum absolute atomic E-state index is 0.711. The zero-order chi connectivity index (χ0) is 17.1. The zero-order valence-electron chi connectivity index (χ0n) is 14.6. The summed E-state index contributed by atoms with van der Waals surface area (Å²) in [5, 5.41) is 11.1. The van der Waals surface area contributed by atoms with Crippen molar-refractivity contribution in [3.63, 3.8) is 0 Å². The summed E-state index contributed by atoms with van der Waals surface area (Å²) < 4.78 is 21.1. The quantitative estimate of drug-likeness (QED) is 0.702. The van der Waals surface area contributed by atoms with E-state index in [0.717, 1.165) is 50.3 Å². The van der Waals surface area contributed by atoms with E-state index in [1.165, 1.54) is 12.8 Å². The molecule has 0 aliphatic carbocycles. The van der Waals surface area contributed by atoms with Gasteiger partial charge in [0.1, 0.15) is 18.7 Å². The SMILES string of the molecule is N#CC1=P(N2CCOCC2)(N2CCOCC2)N=CC=C1N1CCCC1. The summed E-state index contributed by atoms with van der Waals surface area (Å²) in [7, 11) is -2.24. The Balaban J connectivity index is 1.83. The van der Waals surface area contributed by atoms with Gasteiger partial charge in [0.2, 0.25) is 0 Å². The Morgan fingerprint density at radius 2 is 1.48 bits per heavy atom. The van der Waals surface area contributed by atoms with E-state index in [1.807, 2.05) is 12.3 Å². The van der Waals surface area contributed by atoms with Crippen LogP contribution in [0.5, 0.6) is 0 Å². The van der Waals surface area contributed by atoms with Crippen LogP contribution in [-0.2, 0) is 9.47 Å². The fraction of sp³-hybridized carbons (Fsp3) is 0.706. The van der Waals surface area contributed by atoms with E-state index in [-0.39, 0.29) is 0 Å². The fourth-order valence-electron chi connectivity index (χ4n) is 4.10. The highest BCUT2D eigenvalue weighted by atomic mass is 31.2. The van der Waals surface area contributed by atoms with E-state index in [4.69, 9.17) is 14.2 Å². The van der Waals surface area contributed by atoms with Crippen molar-refractivity contribution in [2.24, 2.45) is 4.76 Å². The zero-order valence-corrected chi connectivity index (χ0v) is 15.5. The van der Waals surface area contributed by atoms with Gasteiger partial charge in [-0.15, -0.1) is 0 Å². The van der Waals surface area contributed by atoms with E-state index in [2.05, 4.69) is 20.3 Å². The van der Waals surface area contributed by atoms with E-state index < -0.39 is 7.34 Å². The van der Waals surface area contributed by atoms with Crippen molar-refractivity contribution < 1.29 is 9.47 Å². The molecule has 3 fully saturated rings. The Kier molecular flexibility index (Phi) is 5.25. The summed E-state index contributed by atoms with van der Waals surface area (Å²) in [6.07, 6.45) is 6.40. The predicted octanol–water partition coefficient (Wildman–Crippen LogP) is 1.17. The van der Waals surface area contributed by atoms with E-state index in [1.54, 1.807) is 0 Å². The van der Waals surface area contributed by atoms with Crippen LogP contribution in [0, 0.1) is 11.3 Å². The Morgan fingerprint density at radius 1 is 0.920 bits per heavy atom. The van der Waals surface area contributed by atoms with Gasteiger partial charge in [-0.05, 0) is 18.9 Å². The van der Waals surface area contributed by atoms with Crippen molar-refractivity contribution in [3.05, 3.63) is 11.8 Å². The number of ether oxygens (including phenoxy) is 2. The average molecular weight is 363 g/mol. The molecule has 8 heteroatoms. The number of hydrogen-bond donors (Lipinski definition) is 0. The van der Waals surface area contributed by atoms with E-state index >= 15 is 0 Å². The molecule has 0 aromatic rings. The number of likely N-dealkylation sites (tertiary alicyclic amines) is 1. The molecule has 4 aliphatic heterocycles. The fourth-order valence-corrected chi connectivity index (χ4v) is 7.78. The lowest BCUT2D eigenvalue weighted by Gasteiger charge is -2.47. The average Bonchev–Trinajstić information content (AvgIpc) is 3.23. The largest absolute Gasteiger partial charge is 0.379 e.